The molecule has 0 spiro atoms. The maximum atomic E-state index is 10.6. The van der Waals surface area contributed by atoms with E-state index in [1.54, 1.807) is 27.7 Å². The first kappa shape index (κ1) is 9.43. The van der Waals surface area contributed by atoms with E-state index in [1.165, 1.54) is 0 Å². The van der Waals surface area contributed by atoms with Gasteiger partial charge in [0.15, 0.2) is 0 Å². The van der Waals surface area contributed by atoms with Crippen molar-refractivity contribution in [3.05, 3.63) is 0 Å². The Bertz CT molecular complexity index is 144. The second-order valence-corrected chi connectivity index (χ2v) is 3.65. The van der Waals surface area contributed by atoms with Crippen molar-refractivity contribution >= 4 is 5.97 Å². The monoisotopic (exact) mass is 145 g/mol. The van der Waals surface area contributed by atoms with Crippen LogP contribution in [0.5, 0.6) is 0 Å². The lowest BCUT2D eigenvalue weighted by atomic mass is 9.75. The summed E-state index contributed by atoms with van der Waals surface area (Å²) in [6, 6.07) is 0. The van der Waals surface area contributed by atoms with Gasteiger partial charge in [-0.15, -0.1) is 0 Å². The van der Waals surface area contributed by atoms with E-state index in [0.717, 1.165) is 0 Å². The number of carboxylic acid groups (broad SMARTS) is 1. The van der Waals surface area contributed by atoms with Gasteiger partial charge in [0.2, 0.25) is 0 Å². The molecule has 0 aromatic carbocycles. The molecule has 0 aliphatic rings. The van der Waals surface area contributed by atoms with Crippen molar-refractivity contribution in [2.75, 3.05) is 0 Å². The molecule has 0 unspecified atom stereocenters. The fraction of sp³-hybridized carbons (Fsp3) is 0.857. The smallest absolute Gasteiger partial charge is 0.310 e. The van der Waals surface area contributed by atoms with Gasteiger partial charge in [-0.3, -0.25) is 4.79 Å². The predicted molar refractivity (Wildman–Crippen MR) is 39.7 cm³/mol. The van der Waals surface area contributed by atoms with Crippen LogP contribution in [0, 0.1) is 5.41 Å². The summed E-state index contributed by atoms with van der Waals surface area (Å²) in [4.78, 5) is 10.6. The summed E-state index contributed by atoms with van der Waals surface area (Å²) >= 11 is 0. The van der Waals surface area contributed by atoms with Crippen LogP contribution in [0.3, 0.4) is 0 Å². The SMILES string of the molecule is CC(C)(N)C(C)(C)C(=O)O. The molecule has 0 aliphatic heterocycles. The van der Waals surface area contributed by atoms with E-state index in [2.05, 4.69) is 0 Å². The van der Waals surface area contributed by atoms with Gasteiger partial charge < -0.3 is 10.8 Å². The molecule has 0 aliphatic carbocycles. The zero-order valence-electron chi connectivity index (χ0n) is 6.93. The molecule has 0 saturated carbocycles. The molecule has 0 rings (SSSR count). The molecule has 0 bridgehead atoms. The minimum absolute atomic E-state index is 0.682. The van der Waals surface area contributed by atoms with E-state index in [0.29, 0.717) is 0 Å². The first-order chi connectivity index (χ1) is 4.19. The third kappa shape index (κ3) is 1.48. The van der Waals surface area contributed by atoms with Gasteiger partial charge in [-0.1, -0.05) is 0 Å². The summed E-state index contributed by atoms with van der Waals surface area (Å²) in [5, 5.41) is 8.70. The molecule has 10 heavy (non-hydrogen) atoms. The number of aliphatic carboxylic acids is 1. The fourth-order valence-electron chi connectivity index (χ4n) is 0.276. The topological polar surface area (TPSA) is 63.3 Å². The third-order valence-corrected chi connectivity index (χ3v) is 2.15. The van der Waals surface area contributed by atoms with Gasteiger partial charge in [-0.2, -0.15) is 0 Å². The van der Waals surface area contributed by atoms with Gasteiger partial charge in [0.1, 0.15) is 0 Å². The van der Waals surface area contributed by atoms with Gasteiger partial charge in [0.25, 0.3) is 0 Å². The molecule has 0 aromatic rings. The van der Waals surface area contributed by atoms with Gasteiger partial charge in [0, 0.05) is 5.54 Å². The maximum absolute atomic E-state index is 10.6. The van der Waals surface area contributed by atoms with Crippen molar-refractivity contribution in [3.63, 3.8) is 0 Å². The Balaban J connectivity index is 4.57. The third-order valence-electron chi connectivity index (χ3n) is 2.15. The highest BCUT2D eigenvalue weighted by atomic mass is 16.4. The van der Waals surface area contributed by atoms with Gasteiger partial charge in [-0.25, -0.2) is 0 Å². The van der Waals surface area contributed by atoms with Crippen LogP contribution in [0.25, 0.3) is 0 Å². The number of nitrogens with two attached hydrogens (primary N) is 1. The molecule has 0 amide bonds. The maximum Gasteiger partial charge on any atom is 0.310 e. The van der Waals surface area contributed by atoms with E-state index in [9.17, 15) is 4.79 Å². The largest absolute Gasteiger partial charge is 0.481 e. The quantitative estimate of drug-likeness (QED) is 0.605. The fourth-order valence-corrected chi connectivity index (χ4v) is 0.276. The van der Waals surface area contributed by atoms with Crippen molar-refractivity contribution in [2.45, 2.75) is 33.2 Å². The van der Waals surface area contributed by atoms with Crippen LogP contribution in [0.15, 0.2) is 0 Å². The summed E-state index contributed by atoms with van der Waals surface area (Å²) in [6.07, 6.45) is 0. The van der Waals surface area contributed by atoms with Gasteiger partial charge in [0.05, 0.1) is 5.41 Å². The minimum atomic E-state index is -0.868. The zero-order valence-corrected chi connectivity index (χ0v) is 6.93. The Morgan fingerprint density at radius 1 is 1.30 bits per heavy atom. The summed E-state index contributed by atoms with van der Waals surface area (Å²) in [7, 11) is 0. The Morgan fingerprint density at radius 2 is 1.60 bits per heavy atom. The van der Waals surface area contributed by atoms with Crippen molar-refractivity contribution < 1.29 is 9.90 Å². The molecule has 0 radical (unpaired) electrons. The first-order valence-corrected chi connectivity index (χ1v) is 3.22. The lowest BCUT2D eigenvalue weighted by Gasteiger charge is -2.34. The van der Waals surface area contributed by atoms with E-state index < -0.39 is 16.9 Å². The van der Waals surface area contributed by atoms with Gasteiger partial charge in [-0.05, 0) is 27.7 Å². The van der Waals surface area contributed by atoms with Crippen molar-refractivity contribution in [1.29, 1.82) is 0 Å². The highest BCUT2D eigenvalue weighted by Gasteiger charge is 2.40. The number of carboxylic acids is 1. The highest BCUT2D eigenvalue weighted by molar-refractivity contribution is 5.75. The lowest BCUT2D eigenvalue weighted by Crippen LogP contribution is -2.51. The lowest BCUT2D eigenvalue weighted by molar-refractivity contribution is -0.150. The number of rotatable bonds is 2. The molecule has 3 heteroatoms. The average molecular weight is 145 g/mol. The van der Waals surface area contributed by atoms with Crippen molar-refractivity contribution in [1.82, 2.24) is 0 Å². The molecular formula is C7H15NO2. The summed E-state index contributed by atoms with van der Waals surface area (Å²) in [6.45, 7) is 6.66. The number of hydrogen-bond donors (Lipinski definition) is 2. The van der Waals surface area contributed by atoms with Crippen LogP contribution in [0.2, 0.25) is 0 Å². The van der Waals surface area contributed by atoms with Crippen LogP contribution in [0.1, 0.15) is 27.7 Å². The second kappa shape index (κ2) is 2.23. The van der Waals surface area contributed by atoms with Crippen molar-refractivity contribution in [3.8, 4) is 0 Å². The molecule has 3 N–H and O–H groups in total. The Hall–Kier alpha value is -0.570. The Labute approximate surface area is 61.2 Å². The minimum Gasteiger partial charge on any atom is -0.481 e. The van der Waals surface area contributed by atoms with Crippen LogP contribution in [-0.4, -0.2) is 16.6 Å². The molecule has 0 saturated heterocycles. The molecular weight excluding hydrogens is 130 g/mol. The average Bonchev–Trinajstić information content (AvgIpc) is 1.62. The summed E-state index contributed by atoms with van der Waals surface area (Å²) in [5.74, 6) is -0.861. The van der Waals surface area contributed by atoms with Gasteiger partial charge >= 0.3 is 5.97 Å². The zero-order chi connectivity index (χ0) is 8.58. The molecule has 0 aromatic heterocycles. The first-order valence-electron chi connectivity index (χ1n) is 3.22. The molecule has 0 heterocycles. The summed E-state index contributed by atoms with van der Waals surface area (Å²) in [5.41, 5.74) is 4.08. The van der Waals surface area contributed by atoms with Crippen LogP contribution >= 0.6 is 0 Å². The standard InChI is InChI=1S/C7H15NO2/c1-6(2,5(9)10)7(3,4)8/h8H2,1-4H3,(H,9,10). The Morgan fingerprint density at radius 3 is 1.60 bits per heavy atom. The van der Waals surface area contributed by atoms with E-state index in [1.807, 2.05) is 0 Å². The molecule has 60 valence electrons. The number of carbonyl (C=O) groups is 1. The Kier molecular flexibility index (Phi) is 2.11. The molecule has 3 nitrogen and oxygen atoms in total. The van der Waals surface area contributed by atoms with E-state index in [4.69, 9.17) is 10.8 Å². The predicted octanol–water partition coefficient (Wildman–Crippen LogP) is 0.834. The molecule has 0 fully saturated rings. The highest BCUT2D eigenvalue weighted by Crippen LogP contribution is 2.27. The normalized spacial score (nSPS) is 13.3. The van der Waals surface area contributed by atoms with Crippen LogP contribution in [0.4, 0.5) is 0 Å². The van der Waals surface area contributed by atoms with Crippen LogP contribution < -0.4 is 5.73 Å². The van der Waals surface area contributed by atoms with Crippen molar-refractivity contribution in [2.24, 2.45) is 11.1 Å². The molecule has 0 atom stereocenters. The summed E-state index contributed by atoms with van der Waals surface area (Å²) < 4.78 is 0. The van der Waals surface area contributed by atoms with Crippen LogP contribution in [-0.2, 0) is 4.79 Å². The van der Waals surface area contributed by atoms with E-state index >= 15 is 0 Å². The number of hydrogen-bond acceptors (Lipinski definition) is 2. The second-order valence-electron chi connectivity index (χ2n) is 3.65. The van der Waals surface area contributed by atoms with E-state index in [-0.39, 0.29) is 0 Å².